The van der Waals surface area contributed by atoms with Crippen LogP contribution >= 0.6 is 23.8 Å². The molecular formula is C14H16ClFN2OS. The lowest BCUT2D eigenvalue weighted by Crippen LogP contribution is -2.46. The Morgan fingerprint density at radius 2 is 2.05 bits per heavy atom. The molecule has 0 radical (unpaired) electrons. The monoisotopic (exact) mass is 314 g/mol. The van der Waals surface area contributed by atoms with Crippen LogP contribution in [0.3, 0.4) is 0 Å². The maximum Gasteiger partial charge on any atom is 0.255 e. The Balaban J connectivity index is 2.11. The van der Waals surface area contributed by atoms with Crippen molar-refractivity contribution in [2.24, 2.45) is 11.1 Å². The van der Waals surface area contributed by atoms with Gasteiger partial charge in [0.25, 0.3) is 5.91 Å². The van der Waals surface area contributed by atoms with Crippen LogP contribution in [0, 0.1) is 11.2 Å². The van der Waals surface area contributed by atoms with Gasteiger partial charge in [-0.25, -0.2) is 4.39 Å². The summed E-state index contributed by atoms with van der Waals surface area (Å²) < 4.78 is 13.0. The van der Waals surface area contributed by atoms with E-state index in [4.69, 9.17) is 29.6 Å². The number of carbonyl (C=O) groups excluding carboxylic acids is 1. The van der Waals surface area contributed by atoms with Crippen LogP contribution in [0.25, 0.3) is 0 Å². The summed E-state index contributed by atoms with van der Waals surface area (Å²) >= 11 is 11.0. The fourth-order valence-corrected chi connectivity index (χ4v) is 2.74. The number of likely N-dealkylation sites (tertiary alicyclic amines) is 1. The van der Waals surface area contributed by atoms with Crippen LogP contribution in [0.1, 0.15) is 30.1 Å². The minimum atomic E-state index is -0.453. The first-order valence-electron chi connectivity index (χ1n) is 6.38. The van der Waals surface area contributed by atoms with Crippen molar-refractivity contribution in [1.29, 1.82) is 0 Å². The van der Waals surface area contributed by atoms with Gasteiger partial charge in [0.05, 0.1) is 15.6 Å². The van der Waals surface area contributed by atoms with Gasteiger partial charge in [0.1, 0.15) is 5.82 Å². The van der Waals surface area contributed by atoms with Gasteiger partial charge in [-0.3, -0.25) is 4.79 Å². The van der Waals surface area contributed by atoms with Crippen molar-refractivity contribution in [3.8, 4) is 0 Å². The number of carbonyl (C=O) groups is 1. The summed E-state index contributed by atoms with van der Waals surface area (Å²) in [5.74, 6) is -0.633. The number of nitrogens with zero attached hydrogens (tertiary/aromatic N) is 1. The first-order valence-corrected chi connectivity index (χ1v) is 7.16. The van der Waals surface area contributed by atoms with Gasteiger partial charge in [-0.15, -0.1) is 0 Å². The summed E-state index contributed by atoms with van der Waals surface area (Å²) in [5.41, 5.74) is 5.87. The van der Waals surface area contributed by atoms with E-state index in [-0.39, 0.29) is 16.3 Å². The van der Waals surface area contributed by atoms with Crippen LogP contribution in [0.5, 0.6) is 0 Å². The van der Waals surface area contributed by atoms with Crippen LogP contribution in [0.2, 0.25) is 5.02 Å². The number of hydrogen-bond acceptors (Lipinski definition) is 2. The number of amides is 1. The quantitative estimate of drug-likeness (QED) is 0.854. The van der Waals surface area contributed by atoms with Crippen molar-refractivity contribution in [2.75, 3.05) is 13.1 Å². The van der Waals surface area contributed by atoms with Crippen molar-refractivity contribution >= 4 is 34.7 Å². The molecule has 108 valence electrons. The predicted octanol–water partition coefficient (Wildman–Crippen LogP) is 3.01. The fraction of sp³-hybridized carbons (Fsp3) is 0.429. The second-order valence-electron chi connectivity index (χ2n) is 5.34. The molecule has 1 aromatic carbocycles. The molecule has 20 heavy (non-hydrogen) atoms. The molecule has 0 bridgehead atoms. The summed E-state index contributed by atoms with van der Waals surface area (Å²) in [4.78, 5) is 14.6. The van der Waals surface area contributed by atoms with E-state index in [0.29, 0.717) is 23.6 Å². The Hall–Kier alpha value is -1.20. The molecular weight excluding hydrogens is 299 g/mol. The molecule has 2 rings (SSSR count). The lowest BCUT2D eigenvalue weighted by Gasteiger charge is -2.38. The SMILES string of the molecule is CC1(C(N)=S)CCN(C(=O)c2ccc(F)cc2Cl)CC1. The number of halogens is 2. The minimum Gasteiger partial charge on any atom is -0.393 e. The van der Waals surface area contributed by atoms with Crippen molar-refractivity contribution in [3.63, 3.8) is 0 Å². The summed E-state index contributed by atoms with van der Waals surface area (Å²) in [6, 6.07) is 3.81. The number of hydrogen-bond donors (Lipinski definition) is 1. The predicted molar refractivity (Wildman–Crippen MR) is 81.4 cm³/mol. The van der Waals surface area contributed by atoms with Gasteiger partial charge < -0.3 is 10.6 Å². The lowest BCUT2D eigenvalue weighted by molar-refractivity contribution is 0.0670. The highest BCUT2D eigenvalue weighted by molar-refractivity contribution is 7.80. The van der Waals surface area contributed by atoms with Gasteiger partial charge in [-0.05, 0) is 31.0 Å². The Bertz CT molecular complexity index is 556. The second kappa shape index (κ2) is 5.66. The summed E-state index contributed by atoms with van der Waals surface area (Å²) in [5, 5.41) is 0.137. The maximum absolute atomic E-state index is 13.0. The van der Waals surface area contributed by atoms with E-state index in [1.54, 1.807) is 4.90 Å². The Morgan fingerprint density at radius 1 is 1.45 bits per heavy atom. The number of thiocarbonyl (C=S) groups is 1. The molecule has 1 aliphatic heterocycles. The summed E-state index contributed by atoms with van der Waals surface area (Å²) in [7, 11) is 0. The van der Waals surface area contributed by atoms with Gasteiger partial charge in [-0.2, -0.15) is 0 Å². The lowest BCUT2D eigenvalue weighted by atomic mass is 9.80. The average Bonchev–Trinajstić information content (AvgIpc) is 2.38. The Kier molecular flexibility index (Phi) is 4.30. The van der Waals surface area contributed by atoms with E-state index in [0.717, 1.165) is 18.9 Å². The minimum absolute atomic E-state index is 0.137. The number of benzene rings is 1. The number of piperidine rings is 1. The third-order valence-corrected chi connectivity index (χ3v) is 4.72. The Labute approximate surface area is 127 Å². The molecule has 2 N–H and O–H groups in total. The fourth-order valence-electron chi connectivity index (χ4n) is 2.28. The molecule has 1 heterocycles. The molecule has 0 saturated carbocycles. The van der Waals surface area contributed by atoms with Crippen molar-refractivity contribution in [1.82, 2.24) is 4.90 Å². The molecule has 1 amide bonds. The van der Waals surface area contributed by atoms with E-state index in [1.165, 1.54) is 12.1 Å². The van der Waals surface area contributed by atoms with Crippen LogP contribution in [0.15, 0.2) is 18.2 Å². The Morgan fingerprint density at radius 3 is 2.55 bits per heavy atom. The highest BCUT2D eigenvalue weighted by Gasteiger charge is 2.34. The molecule has 0 aliphatic carbocycles. The van der Waals surface area contributed by atoms with Crippen LogP contribution in [0.4, 0.5) is 4.39 Å². The normalized spacial score (nSPS) is 17.9. The highest BCUT2D eigenvalue weighted by atomic mass is 35.5. The van der Waals surface area contributed by atoms with Gasteiger partial charge in [0.2, 0.25) is 0 Å². The van der Waals surface area contributed by atoms with Crippen LogP contribution < -0.4 is 5.73 Å². The maximum atomic E-state index is 13.0. The molecule has 0 atom stereocenters. The highest BCUT2D eigenvalue weighted by Crippen LogP contribution is 2.32. The molecule has 1 saturated heterocycles. The topological polar surface area (TPSA) is 46.3 Å². The molecule has 6 heteroatoms. The van der Waals surface area contributed by atoms with Gasteiger partial charge in [0, 0.05) is 18.5 Å². The van der Waals surface area contributed by atoms with Crippen LogP contribution in [-0.4, -0.2) is 28.9 Å². The molecule has 3 nitrogen and oxygen atoms in total. The van der Waals surface area contributed by atoms with Gasteiger partial charge >= 0.3 is 0 Å². The first kappa shape index (κ1) is 15.2. The third-order valence-electron chi connectivity index (χ3n) is 3.91. The van der Waals surface area contributed by atoms with Crippen molar-refractivity contribution in [2.45, 2.75) is 19.8 Å². The molecule has 0 spiro atoms. The van der Waals surface area contributed by atoms with Gasteiger partial charge in [0.15, 0.2) is 0 Å². The van der Waals surface area contributed by atoms with Crippen molar-refractivity contribution < 1.29 is 9.18 Å². The number of rotatable bonds is 2. The molecule has 0 aromatic heterocycles. The third kappa shape index (κ3) is 2.94. The van der Waals surface area contributed by atoms with E-state index >= 15 is 0 Å². The smallest absolute Gasteiger partial charge is 0.255 e. The average molecular weight is 315 g/mol. The van der Waals surface area contributed by atoms with E-state index < -0.39 is 5.82 Å². The zero-order chi connectivity index (χ0) is 14.9. The molecule has 1 aliphatic rings. The molecule has 0 unspecified atom stereocenters. The molecule has 1 aromatic rings. The van der Waals surface area contributed by atoms with E-state index in [2.05, 4.69) is 0 Å². The zero-order valence-corrected chi connectivity index (χ0v) is 12.7. The standard InChI is InChI=1S/C14H16ClFN2OS/c1-14(13(17)20)4-6-18(7-5-14)12(19)10-3-2-9(16)8-11(10)15/h2-3,8H,4-7H2,1H3,(H2,17,20). The summed E-state index contributed by atoms with van der Waals surface area (Å²) in [6.07, 6.45) is 1.46. The van der Waals surface area contributed by atoms with Crippen LogP contribution in [-0.2, 0) is 0 Å². The summed E-state index contributed by atoms with van der Waals surface area (Å²) in [6.45, 7) is 3.16. The van der Waals surface area contributed by atoms with E-state index in [9.17, 15) is 9.18 Å². The van der Waals surface area contributed by atoms with Crippen molar-refractivity contribution in [3.05, 3.63) is 34.6 Å². The first-order chi connectivity index (χ1) is 9.33. The number of nitrogens with two attached hydrogens (primary N) is 1. The zero-order valence-electron chi connectivity index (χ0n) is 11.2. The van der Waals surface area contributed by atoms with Gasteiger partial charge in [-0.1, -0.05) is 30.7 Å². The molecule has 1 fully saturated rings. The second-order valence-corrected chi connectivity index (χ2v) is 6.19. The van der Waals surface area contributed by atoms with E-state index in [1.807, 2.05) is 6.92 Å². The largest absolute Gasteiger partial charge is 0.393 e.